The summed E-state index contributed by atoms with van der Waals surface area (Å²) in [6.07, 6.45) is 4.17. The number of halogens is 3. The molecule has 1 aromatic rings. The number of benzene rings is 1. The Labute approximate surface area is 137 Å². The Morgan fingerprint density at radius 3 is 2.95 bits per heavy atom. The number of hydrogen-bond donors (Lipinski definition) is 0. The van der Waals surface area contributed by atoms with Gasteiger partial charge in [-0.2, -0.15) is 0 Å². The number of piperidine rings is 1. The molecule has 0 spiro atoms. The minimum absolute atomic E-state index is 0.0849. The molecule has 1 aromatic carbocycles. The summed E-state index contributed by atoms with van der Waals surface area (Å²) in [5.41, 5.74) is 0.703. The van der Waals surface area contributed by atoms with Crippen LogP contribution in [0.1, 0.15) is 36.0 Å². The molecule has 104 valence electrons. The van der Waals surface area contributed by atoms with E-state index in [0.717, 1.165) is 29.4 Å². The maximum Gasteiger partial charge on any atom is 0.255 e. The van der Waals surface area contributed by atoms with Gasteiger partial charge in [0.2, 0.25) is 0 Å². The van der Waals surface area contributed by atoms with Gasteiger partial charge in [0.05, 0.1) is 5.56 Å². The van der Waals surface area contributed by atoms with Gasteiger partial charge in [-0.1, -0.05) is 11.6 Å². The predicted octanol–water partition coefficient (Wildman–Crippen LogP) is 4.57. The number of rotatable bonds is 3. The van der Waals surface area contributed by atoms with E-state index >= 15 is 0 Å². The quantitative estimate of drug-likeness (QED) is 0.527. The van der Waals surface area contributed by atoms with Crippen molar-refractivity contribution in [2.24, 2.45) is 0 Å². The molecule has 1 aliphatic heterocycles. The standard InChI is InChI=1S/C14H16Cl2INO/c15-7-6-11-3-1-2-8-18(11)14(19)12-9-10(16)4-5-13(12)17/h4-5,9,11H,1-3,6-8H2. The van der Waals surface area contributed by atoms with Crippen LogP contribution in [0.2, 0.25) is 5.02 Å². The Morgan fingerprint density at radius 2 is 2.21 bits per heavy atom. The van der Waals surface area contributed by atoms with Crippen LogP contribution in [-0.2, 0) is 0 Å². The lowest BCUT2D eigenvalue weighted by Gasteiger charge is -2.35. The number of alkyl halides is 1. The Kier molecular flexibility index (Phi) is 5.78. The van der Waals surface area contributed by atoms with Crippen molar-refractivity contribution in [3.8, 4) is 0 Å². The van der Waals surface area contributed by atoms with Crippen molar-refractivity contribution in [3.63, 3.8) is 0 Å². The smallest absolute Gasteiger partial charge is 0.255 e. The average Bonchev–Trinajstić information content (AvgIpc) is 2.42. The molecule has 1 fully saturated rings. The van der Waals surface area contributed by atoms with Gasteiger partial charge in [-0.3, -0.25) is 4.79 Å². The second-order valence-electron chi connectivity index (χ2n) is 4.75. The summed E-state index contributed by atoms with van der Waals surface area (Å²) in [7, 11) is 0. The molecule has 2 nitrogen and oxygen atoms in total. The molecule has 0 N–H and O–H groups in total. The molecule has 0 radical (unpaired) electrons. The maximum absolute atomic E-state index is 12.7. The molecule has 0 aromatic heterocycles. The van der Waals surface area contributed by atoms with Crippen LogP contribution in [0.4, 0.5) is 0 Å². The van der Waals surface area contributed by atoms with E-state index in [2.05, 4.69) is 22.6 Å². The third-order valence-electron chi connectivity index (χ3n) is 3.49. The zero-order valence-corrected chi connectivity index (χ0v) is 14.2. The van der Waals surface area contributed by atoms with E-state index in [-0.39, 0.29) is 11.9 Å². The third-order valence-corrected chi connectivity index (χ3v) is 4.88. The summed E-state index contributed by atoms with van der Waals surface area (Å²) in [4.78, 5) is 14.6. The first-order valence-corrected chi connectivity index (χ1v) is 8.44. The minimum atomic E-state index is 0.0849. The summed E-state index contributed by atoms with van der Waals surface area (Å²) < 4.78 is 0.946. The molecular formula is C14H16Cl2INO. The number of likely N-dealkylation sites (tertiary alicyclic amines) is 1. The Bertz CT molecular complexity index is 465. The second-order valence-corrected chi connectivity index (χ2v) is 6.73. The zero-order chi connectivity index (χ0) is 13.8. The van der Waals surface area contributed by atoms with Crippen molar-refractivity contribution in [1.82, 2.24) is 4.90 Å². The monoisotopic (exact) mass is 411 g/mol. The van der Waals surface area contributed by atoms with Crippen molar-refractivity contribution < 1.29 is 4.79 Å². The fourth-order valence-corrected chi connectivity index (χ4v) is 3.50. The number of carbonyl (C=O) groups excluding carboxylic acids is 1. The second kappa shape index (κ2) is 7.14. The largest absolute Gasteiger partial charge is 0.336 e. The summed E-state index contributed by atoms with van der Waals surface area (Å²) in [6.45, 7) is 0.822. The third kappa shape index (κ3) is 3.76. The highest BCUT2D eigenvalue weighted by Crippen LogP contribution is 2.25. The summed E-state index contributed by atoms with van der Waals surface area (Å²) >= 11 is 14.0. The van der Waals surface area contributed by atoms with Crippen molar-refractivity contribution in [2.45, 2.75) is 31.7 Å². The van der Waals surface area contributed by atoms with Crippen LogP contribution in [0, 0.1) is 3.57 Å². The molecule has 19 heavy (non-hydrogen) atoms. The van der Waals surface area contributed by atoms with Gasteiger partial charge in [-0.25, -0.2) is 0 Å². The van der Waals surface area contributed by atoms with Crippen LogP contribution in [0.15, 0.2) is 18.2 Å². The highest BCUT2D eigenvalue weighted by atomic mass is 127. The number of amides is 1. The van der Waals surface area contributed by atoms with Gasteiger partial charge in [-0.05, 0) is 66.5 Å². The zero-order valence-electron chi connectivity index (χ0n) is 10.5. The molecule has 1 aliphatic rings. The van der Waals surface area contributed by atoms with E-state index in [1.54, 1.807) is 6.07 Å². The maximum atomic E-state index is 12.7. The minimum Gasteiger partial charge on any atom is -0.336 e. The van der Waals surface area contributed by atoms with Crippen LogP contribution in [-0.4, -0.2) is 29.3 Å². The first-order valence-electron chi connectivity index (χ1n) is 6.45. The molecule has 5 heteroatoms. The van der Waals surface area contributed by atoms with E-state index in [1.807, 2.05) is 17.0 Å². The Hall–Kier alpha value is -0.000000000000000111. The van der Waals surface area contributed by atoms with E-state index < -0.39 is 0 Å². The molecule has 2 rings (SSSR count). The topological polar surface area (TPSA) is 20.3 Å². The molecule has 1 atom stereocenters. The lowest BCUT2D eigenvalue weighted by molar-refractivity contribution is 0.0608. The molecule has 0 bridgehead atoms. The summed E-state index contributed by atoms with van der Waals surface area (Å²) in [6, 6.07) is 5.73. The predicted molar refractivity (Wildman–Crippen MR) is 88.2 cm³/mol. The first-order chi connectivity index (χ1) is 9.13. The van der Waals surface area contributed by atoms with Gasteiger partial charge in [0, 0.05) is 27.1 Å². The van der Waals surface area contributed by atoms with E-state index in [9.17, 15) is 4.79 Å². The van der Waals surface area contributed by atoms with Gasteiger partial charge in [0.1, 0.15) is 0 Å². The van der Waals surface area contributed by atoms with Gasteiger partial charge in [0.15, 0.2) is 0 Å². The fourth-order valence-electron chi connectivity index (χ4n) is 2.51. The Balaban J connectivity index is 2.23. The molecular weight excluding hydrogens is 396 g/mol. The molecule has 1 amide bonds. The van der Waals surface area contributed by atoms with Crippen LogP contribution in [0.25, 0.3) is 0 Å². The lowest BCUT2D eigenvalue weighted by atomic mass is 9.99. The highest BCUT2D eigenvalue weighted by Gasteiger charge is 2.28. The molecule has 1 unspecified atom stereocenters. The van der Waals surface area contributed by atoms with E-state index in [4.69, 9.17) is 23.2 Å². The van der Waals surface area contributed by atoms with Gasteiger partial charge >= 0.3 is 0 Å². The molecule has 1 saturated heterocycles. The lowest BCUT2D eigenvalue weighted by Crippen LogP contribution is -2.44. The first kappa shape index (κ1) is 15.4. The van der Waals surface area contributed by atoms with Crippen LogP contribution >= 0.6 is 45.8 Å². The summed E-state index contributed by atoms with van der Waals surface area (Å²) in [5, 5.41) is 0.606. The summed E-state index contributed by atoms with van der Waals surface area (Å²) in [5.74, 6) is 0.683. The number of hydrogen-bond acceptors (Lipinski definition) is 1. The van der Waals surface area contributed by atoms with Crippen molar-refractivity contribution >= 4 is 51.7 Å². The van der Waals surface area contributed by atoms with Gasteiger partial charge in [0.25, 0.3) is 5.91 Å². The number of nitrogens with zero attached hydrogens (tertiary/aromatic N) is 1. The fraction of sp³-hybridized carbons (Fsp3) is 0.500. The van der Waals surface area contributed by atoms with Crippen molar-refractivity contribution in [2.75, 3.05) is 12.4 Å². The van der Waals surface area contributed by atoms with E-state index in [1.165, 1.54) is 6.42 Å². The number of carbonyl (C=O) groups is 1. The molecule has 0 saturated carbocycles. The highest BCUT2D eigenvalue weighted by molar-refractivity contribution is 14.1. The SMILES string of the molecule is O=C(c1cc(Cl)ccc1I)N1CCCCC1CCCl. The van der Waals surface area contributed by atoms with Crippen molar-refractivity contribution in [3.05, 3.63) is 32.4 Å². The van der Waals surface area contributed by atoms with Crippen LogP contribution < -0.4 is 0 Å². The van der Waals surface area contributed by atoms with Gasteiger partial charge in [-0.15, -0.1) is 11.6 Å². The van der Waals surface area contributed by atoms with Gasteiger partial charge < -0.3 is 4.90 Å². The molecule has 0 aliphatic carbocycles. The van der Waals surface area contributed by atoms with Crippen molar-refractivity contribution in [1.29, 1.82) is 0 Å². The van der Waals surface area contributed by atoms with Crippen LogP contribution in [0.5, 0.6) is 0 Å². The average molecular weight is 412 g/mol. The van der Waals surface area contributed by atoms with Crippen LogP contribution in [0.3, 0.4) is 0 Å². The molecule has 1 heterocycles. The van der Waals surface area contributed by atoms with E-state index in [0.29, 0.717) is 16.5 Å². The Morgan fingerprint density at radius 1 is 1.42 bits per heavy atom. The normalized spacial score (nSPS) is 19.5.